The Bertz CT molecular complexity index is 634. The number of benzene rings is 1. The molecule has 1 amide bonds. The number of carbonyl (C=O) groups excluding carboxylic acids is 1. The zero-order valence-corrected chi connectivity index (χ0v) is 12.6. The second kappa shape index (κ2) is 5.91. The fraction of sp³-hybridized carbons (Fsp3) is 0.529. The zero-order chi connectivity index (χ0) is 16.6. The highest BCUT2D eigenvalue weighted by atomic mass is 19.3. The average Bonchev–Trinajstić information content (AvgIpc) is 3.21. The van der Waals surface area contributed by atoms with Crippen LogP contribution >= 0.6 is 0 Å². The lowest BCUT2D eigenvalue weighted by molar-refractivity contribution is -0.143. The number of halogens is 2. The fourth-order valence-electron chi connectivity index (χ4n) is 3.85. The molecule has 0 saturated heterocycles. The molecule has 1 aromatic rings. The molecule has 3 rings (SSSR count). The molecule has 2 aliphatic rings. The van der Waals surface area contributed by atoms with Gasteiger partial charge in [0, 0.05) is 17.8 Å². The summed E-state index contributed by atoms with van der Waals surface area (Å²) in [5.74, 6) is -2.16. The number of fused-ring (bicyclic) bond motifs is 2. The van der Waals surface area contributed by atoms with Crippen LogP contribution in [0.5, 0.6) is 0 Å². The van der Waals surface area contributed by atoms with Crippen molar-refractivity contribution in [2.24, 2.45) is 5.92 Å². The van der Waals surface area contributed by atoms with Crippen molar-refractivity contribution in [1.29, 1.82) is 0 Å². The summed E-state index contributed by atoms with van der Waals surface area (Å²) in [6.07, 6.45) is -0.113. The summed E-state index contributed by atoms with van der Waals surface area (Å²) in [5, 5.41) is 11.3. The van der Waals surface area contributed by atoms with E-state index in [-0.39, 0.29) is 11.3 Å². The van der Waals surface area contributed by atoms with Crippen LogP contribution in [0.3, 0.4) is 0 Å². The van der Waals surface area contributed by atoms with Gasteiger partial charge in [0.15, 0.2) is 0 Å². The Morgan fingerprint density at radius 3 is 2.78 bits per heavy atom. The number of alkyl halides is 2. The summed E-state index contributed by atoms with van der Waals surface area (Å²) in [6, 6.07) is 6.46. The quantitative estimate of drug-likeness (QED) is 0.875. The van der Waals surface area contributed by atoms with E-state index in [9.17, 15) is 18.4 Å². The number of rotatable bonds is 5. The lowest BCUT2D eigenvalue weighted by atomic mass is 9.78. The number of hydrogen-bond donors (Lipinski definition) is 2. The standard InChI is InChI=1S/C17H19F2NO3/c18-14(19)8-13(16(22)23)20-15(21)12-9-17(12)7-3-5-10-4-1-2-6-11(10)17/h1-2,4,6,12-14H,3,5,7-9H2,(H,20,21)(H,22,23). The summed E-state index contributed by atoms with van der Waals surface area (Å²) >= 11 is 0. The maximum absolute atomic E-state index is 12.4. The third kappa shape index (κ3) is 2.94. The first-order valence-corrected chi connectivity index (χ1v) is 7.84. The van der Waals surface area contributed by atoms with Crippen molar-refractivity contribution in [3.63, 3.8) is 0 Å². The van der Waals surface area contributed by atoms with E-state index in [0.717, 1.165) is 24.8 Å². The molecular weight excluding hydrogens is 304 g/mol. The van der Waals surface area contributed by atoms with Gasteiger partial charge in [-0.25, -0.2) is 13.6 Å². The molecule has 1 saturated carbocycles. The molecule has 23 heavy (non-hydrogen) atoms. The van der Waals surface area contributed by atoms with Crippen LogP contribution in [0.1, 0.15) is 36.8 Å². The minimum Gasteiger partial charge on any atom is -0.480 e. The van der Waals surface area contributed by atoms with E-state index in [1.807, 2.05) is 18.2 Å². The minimum atomic E-state index is -2.76. The molecule has 0 bridgehead atoms. The average molecular weight is 323 g/mol. The molecule has 4 nitrogen and oxygen atoms in total. The van der Waals surface area contributed by atoms with Crippen molar-refractivity contribution in [2.75, 3.05) is 0 Å². The smallest absolute Gasteiger partial charge is 0.326 e. The van der Waals surface area contributed by atoms with Gasteiger partial charge < -0.3 is 10.4 Å². The van der Waals surface area contributed by atoms with Crippen LogP contribution in [0.4, 0.5) is 8.78 Å². The summed E-state index contributed by atoms with van der Waals surface area (Å²) in [6.45, 7) is 0. The topological polar surface area (TPSA) is 66.4 Å². The third-order valence-corrected chi connectivity index (χ3v) is 5.04. The van der Waals surface area contributed by atoms with Crippen molar-refractivity contribution in [3.05, 3.63) is 35.4 Å². The Labute approximate surface area is 132 Å². The van der Waals surface area contributed by atoms with E-state index in [4.69, 9.17) is 5.11 Å². The Kier molecular flexibility index (Phi) is 4.08. The van der Waals surface area contributed by atoms with Crippen molar-refractivity contribution in [3.8, 4) is 0 Å². The van der Waals surface area contributed by atoms with E-state index < -0.39 is 30.8 Å². The van der Waals surface area contributed by atoms with Crippen LogP contribution in [-0.2, 0) is 21.4 Å². The third-order valence-electron chi connectivity index (χ3n) is 5.04. The Morgan fingerprint density at radius 2 is 2.09 bits per heavy atom. The lowest BCUT2D eigenvalue weighted by Gasteiger charge is -2.26. The number of carboxylic acids is 1. The molecule has 0 aromatic heterocycles. The first-order valence-electron chi connectivity index (χ1n) is 7.84. The molecule has 0 heterocycles. The van der Waals surface area contributed by atoms with Crippen LogP contribution < -0.4 is 5.32 Å². The zero-order valence-electron chi connectivity index (χ0n) is 12.6. The highest BCUT2D eigenvalue weighted by molar-refractivity contribution is 5.88. The van der Waals surface area contributed by atoms with Gasteiger partial charge in [0.1, 0.15) is 6.04 Å². The van der Waals surface area contributed by atoms with Gasteiger partial charge in [0.2, 0.25) is 12.3 Å². The Balaban J connectivity index is 1.73. The molecule has 3 atom stereocenters. The van der Waals surface area contributed by atoms with Gasteiger partial charge in [0.05, 0.1) is 0 Å². The second-order valence-corrected chi connectivity index (χ2v) is 6.45. The van der Waals surface area contributed by atoms with Crippen LogP contribution in [0.2, 0.25) is 0 Å². The summed E-state index contributed by atoms with van der Waals surface area (Å²) < 4.78 is 24.9. The van der Waals surface area contributed by atoms with E-state index in [2.05, 4.69) is 11.4 Å². The summed E-state index contributed by atoms with van der Waals surface area (Å²) in [7, 11) is 0. The van der Waals surface area contributed by atoms with Crippen LogP contribution in [0, 0.1) is 5.92 Å². The highest BCUT2D eigenvalue weighted by Crippen LogP contribution is 2.60. The highest BCUT2D eigenvalue weighted by Gasteiger charge is 2.60. The predicted octanol–water partition coefficient (Wildman–Crippen LogP) is 2.51. The van der Waals surface area contributed by atoms with Crippen molar-refractivity contribution in [1.82, 2.24) is 5.32 Å². The molecule has 0 radical (unpaired) electrons. The SMILES string of the molecule is O=C(O)C(CC(F)F)NC(=O)C1CC12CCCc1ccccc12. The number of amides is 1. The van der Waals surface area contributed by atoms with Gasteiger partial charge in [-0.05, 0) is 36.8 Å². The second-order valence-electron chi connectivity index (χ2n) is 6.45. The largest absolute Gasteiger partial charge is 0.480 e. The fourth-order valence-corrected chi connectivity index (χ4v) is 3.85. The van der Waals surface area contributed by atoms with E-state index in [1.54, 1.807) is 0 Å². The molecule has 3 unspecified atom stereocenters. The van der Waals surface area contributed by atoms with Gasteiger partial charge in [0.25, 0.3) is 0 Å². The van der Waals surface area contributed by atoms with Crippen LogP contribution in [-0.4, -0.2) is 29.5 Å². The number of nitrogens with one attached hydrogen (secondary N) is 1. The first kappa shape index (κ1) is 15.9. The van der Waals surface area contributed by atoms with Crippen molar-refractivity contribution >= 4 is 11.9 Å². The maximum Gasteiger partial charge on any atom is 0.326 e. The monoisotopic (exact) mass is 323 g/mol. The van der Waals surface area contributed by atoms with Crippen molar-refractivity contribution < 1.29 is 23.5 Å². The molecule has 6 heteroatoms. The van der Waals surface area contributed by atoms with Gasteiger partial charge in [-0.3, -0.25) is 4.79 Å². The normalized spacial score (nSPS) is 26.7. The van der Waals surface area contributed by atoms with Gasteiger partial charge in [-0.2, -0.15) is 0 Å². The number of aryl methyl sites for hydroxylation is 1. The van der Waals surface area contributed by atoms with Crippen LogP contribution in [0.25, 0.3) is 0 Å². The molecule has 124 valence electrons. The first-order chi connectivity index (χ1) is 10.9. The van der Waals surface area contributed by atoms with E-state index in [0.29, 0.717) is 6.42 Å². The summed E-state index contributed by atoms with van der Waals surface area (Å²) in [5.41, 5.74) is 2.16. The predicted molar refractivity (Wildman–Crippen MR) is 79.4 cm³/mol. The maximum atomic E-state index is 12.4. The minimum absolute atomic E-state index is 0.229. The number of carboxylic acid groups (broad SMARTS) is 1. The van der Waals surface area contributed by atoms with Gasteiger partial charge in [-0.1, -0.05) is 24.3 Å². The van der Waals surface area contributed by atoms with Gasteiger partial charge in [-0.15, -0.1) is 0 Å². The number of aliphatic carboxylic acids is 1. The number of carbonyl (C=O) groups is 2. The van der Waals surface area contributed by atoms with E-state index in [1.165, 1.54) is 5.56 Å². The number of hydrogen-bond acceptors (Lipinski definition) is 2. The van der Waals surface area contributed by atoms with E-state index >= 15 is 0 Å². The molecule has 0 aliphatic heterocycles. The molecule has 2 N–H and O–H groups in total. The van der Waals surface area contributed by atoms with Crippen LogP contribution in [0.15, 0.2) is 24.3 Å². The van der Waals surface area contributed by atoms with Crippen molar-refractivity contribution in [2.45, 2.75) is 50.0 Å². The van der Waals surface area contributed by atoms with Gasteiger partial charge >= 0.3 is 5.97 Å². The molecular formula is C17H19F2NO3. The molecule has 1 spiro atoms. The molecule has 2 aliphatic carbocycles. The molecule has 1 aromatic carbocycles. The summed E-state index contributed by atoms with van der Waals surface area (Å²) in [4.78, 5) is 23.4. The Hall–Kier alpha value is -1.98. The molecule has 1 fully saturated rings. The Morgan fingerprint density at radius 1 is 1.35 bits per heavy atom. The lowest BCUT2D eigenvalue weighted by Crippen LogP contribution is -2.43.